The van der Waals surface area contributed by atoms with Crippen molar-refractivity contribution in [3.05, 3.63) is 108 Å². The largest absolute Gasteiger partial charge is 0.465 e. The minimum absolute atomic E-state index is 0.360. The van der Waals surface area contributed by atoms with E-state index >= 15 is 0 Å². The molecule has 0 saturated heterocycles. The van der Waals surface area contributed by atoms with Gasteiger partial charge in [0.05, 0.1) is 23.7 Å². The van der Waals surface area contributed by atoms with Gasteiger partial charge in [0.2, 0.25) is 0 Å². The lowest BCUT2D eigenvalue weighted by molar-refractivity contribution is 0.0600. The van der Waals surface area contributed by atoms with Crippen LogP contribution < -0.4 is 4.74 Å². The van der Waals surface area contributed by atoms with Gasteiger partial charge in [-0.15, -0.1) is 0 Å². The summed E-state index contributed by atoms with van der Waals surface area (Å²) in [5.41, 5.74) is 6.41. The minimum Gasteiger partial charge on any atom is -0.465 e. The average molecular weight is 449 g/mol. The number of hydrogen-bond donors (Lipinski definition) is 0. The molecule has 0 atom stereocenters. The molecular formula is C29H24N2O3. The van der Waals surface area contributed by atoms with Crippen LogP contribution in [0.4, 0.5) is 0 Å². The third kappa shape index (κ3) is 4.04. The maximum absolute atomic E-state index is 11.9. The second kappa shape index (κ2) is 8.87. The predicted octanol–water partition coefficient (Wildman–Crippen LogP) is 6.89. The highest BCUT2D eigenvalue weighted by Gasteiger charge is 2.16. The number of aryl methyl sites for hydroxylation is 2. The first-order chi connectivity index (χ1) is 16.5. The normalized spacial score (nSPS) is 10.9. The molecule has 5 nitrogen and oxygen atoms in total. The number of imidazole rings is 1. The molecule has 5 heteroatoms. The Hall–Kier alpha value is -4.38. The standard InChI is InChI=1S/C29H24N2O3/c1-19-9-11-22(12-10-19)31-27-18-24(34-23-13-15-25(20(2)17-23)29(32)33-3)14-16-26(27)30-28(31)21-7-5-4-6-8-21/h4-18H,1-3H3. The summed E-state index contributed by atoms with van der Waals surface area (Å²) in [5, 5.41) is 0. The van der Waals surface area contributed by atoms with Crippen molar-refractivity contribution in [2.24, 2.45) is 0 Å². The van der Waals surface area contributed by atoms with E-state index in [0.29, 0.717) is 17.1 Å². The van der Waals surface area contributed by atoms with Crippen molar-refractivity contribution < 1.29 is 14.3 Å². The van der Waals surface area contributed by atoms with E-state index in [4.69, 9.17) is 14.5 Å². The number of carbonyl (C=O) groups excluding carboxylic acids is 1. The molecule has 1 aromatic heterocycles. The van der Waals surface area contributed by atoms with Gasteiger partial charge in [-0.1, -0.05) is 48.0 Å². The predicted molar refractivity (Wildman–Crippen MR) is 134 cm³/mol. The van der Waals surface area contributed by atoms with E-state index in [0.717, 1.165) is 33.7 Å². The van der Waals surface area contributed by atoms with Gasteiger partial charge in [-0.3, -0.25) is 4.57 Å². The number of rotatable bonds is 5. The quantitative estimate of drug-likeness (QED) is 0.275. The van der Waals surface area contributed by atoms with Crippen molar-refractivity contribution in [3.63, 3.8) is 0 Å². The van der Waals surface area contributed by atoms with Crippen molar-refractivity contribution in [1.29, 1.82) is 0 Å². The highest BCUT2D eigenvalue weighted by atomic mass is 16.5. The van der Waals surface area contributed by atoms with Gasteiger partial charge in [0, 0.05) is 17.3 Å². The Kier molecular flexibility index (Phi) is 5.60. The number of methoxy groups -OCH3 is 1. The third-order valence-corrected chi connectivity index (χ3v) is 5.79. The average Bonchev–Trinajstić information content (AvgIpc) is 3.23. The van der Waals surface area contributed by atoms with Crippen LogP contribution in [0, 0.1) is 13.8 Å². The Morgan fingerprint density at radius 2 is 1.53 bits per heavy atom. The van der Waals surface area contributed by atoms with Crippen LogP contribution >= 0.6 is 0 Å². The Morgan fingerprint density at radius 3 is 2.24 bits per heavy atom. The number of hydrogen-bond acceptors (Lipinski definition) is 4. The molecule has 4 aromatic carbocycles. The van der Waals surface area contributed by atoms with Crippen LogP contribution in [0.25, 0.3) is 28.1 Å². The molecule has 0 spiro atoms. The summed E-state index contributed by atoms with van der Waals surface area (Å²) in [6, 6.07) is 29.8. The van der Waals surface area contributed by atoms with Gasteiger partial charge in [0.1, 0.15) is 17.3 Å². The number of benzene rings is 4. The summed E-state index contributed by atoms with van der Waals surface area (Å²) in [5.74, 6) is 1.84. The Morgan fingerprint density at radius 1 is 0.824 bits per heavy atom. The Bertz CT molecular complexity index is 1490. The number of nitrogens with zero attached hydrogens (tertiary/aromatic N) is 2. The van der Waals surface area contributed by atoms with E-state index in [1.165, 1.54) is 12.7 Å². The third-order valence-electron chi connectivity index (χ3n) is 5.79. The van der Waals surface area contributed by atoms with Gasteiger partial charge in [0.15, 0.2) is 0 Å². The van der Waals surface area contributed by atoms with Gasteiger partial charge in [0.25, 0.3) is 0 Å². The lowest BCUT2D eigenvalue weighted by Gasteiger charge is -2.12. The molecule has 0 unspecified atom stereocenters. The highest BCUT2D eigenvalue weighted by Crippen LogP contribution is 2.32. The second-order valence-electron chi connectivity index (χ2n) is 8.19. The van der Waals surface area contributed by atoms with E-state index in [1.807, 2.05) is 49.4 Å². The van der Waals surface area contributed by atoms with Crippen LogP contribution in [0.5, 0.6) is 11.5 Å². The van der Waals surface area contributed by atoms with Crippen LogP contribution in [0.1, 0.15) is 21.5 Å². The molecule has 0 saturated carbocycles. The van der Waals surface area contributed by atoms with E-state index < -0.39 is 0 Å². The van der Waals surface area contributed by atoms with Crippen molar-refractivity contribution in [2.45, 2.75) is 13.8 Å². The molecule has 0 amide bonds. The number of aromatic nitrogens is 2. The topological polar surface area (TPSA) is 53.4 Å². The van der Waals surface area contributed by atoms with Gasteiger partial charge in [-0.2, -0.15) is 0 Å². The SMILES string of the molecule is COC(=O)c1ccc(Oc2ccc3nc(-c4ccccc4)n(-c4ccc(C)cc4)c3c2)cc1C. The molecule has 5 rings (SSSR count). The zero-order chi connectivity index (χ0) is 23.7. The number of fused-ring (bicyclic) bond motifs is 1. The minimum atomic E-state index is -0.360. The molecule has 1 heterocycles. The van der Waals surface area contributed by atoms with Crippen LogP contribution in [-0.2, 0) is 4.74 Å². The van der Waals surface area contributed by atoms with Crippen molar-refractivity contribution in [2.75, 3.05) is 7.11 Å². The fraction of sp³-hybridized carbons (Fsp3) is 0.103. The van der Waals surface area contributed by atoms with E-state index in [-0.39, 0.29) is 5.97 Å². The van der Waals surface area contributed by atoms with Crippen LogP contribution in [-0.4, -0.2) is 22.6 Å². The zero-order valence-electron chi connectivity index (χ0n) is 19.3. The highest BCUT2D eigenvalue weighted by molar-refractivity contribution is 5.91. The summed E-state index contributed by atoms with van der Waals surface area (Å²) in [4.78, 5) is 16.8. The van der Waals surface area contributed by atoms with E-state index in [1.54, 1.807) is 12.1 Å². The zero-order valence-corrected chi connectivity index (χ0v) is 19.3. The van der Waals surface area contributed by atoms with Gasteiger partial charge in [-0.05, 0) is 61.9 Å². The van der Waals surface area contributed by atoms with Crippen LogP contribution in [0.15, 0.2) is 91.0 Å². The smallest absolute Gasteiger partial charge is 0.338 e. The summed E-state index contributed by atoms with van der Waals surface area (Å²) in [7, 11) is 1.38. The number of ether oxygens (including phenoxy) is 2. The summed E-state index contributed by atoms with van der Waals surface area (Å²) >= 11 is 0. The molecule has 0 fully saturated rings. The molecule has 0 radical (unpaired) electrons. The first-order valence-electron chi connectivity index (χ1n) is 11.1. The molecule has 168 valence electrons. The molecule has 0 aliphatic rings. The van der Waals surface area contributed by atoms with Crippen molar-refractivity contribution >= 4 is 17.0 Å². The van der Waals surface area contributed by atoms with Gasteiger partial charge >= 0.3 is 5.97 Å². The molecule has 0 aliphatic heterocycles. The van der Waals surface area contributed by atoms with Gasteiger partial charge < -0.3 is 9.47 Å². The van der Waals surface area contributed by atoms with E-state index in [2.05, 4.69) is 47.9 Å². The Labute approximate surface area is 198 Å². The molecular weight excluding hydrogens is 424 g/mol. The maximum atomic E-state index is 11.9. The fourth-order valence-corrected chi connectivity index (χ4v) is 4.03. The first-order valence-corrected chi connectivity index (χ1v) is 11.1. The molecule has 5 aromatic rings. The molecule has 0 bridgehead atoms. The summed E-state index contributed by atoms with van der Waals surface area (Å²) in [6.45, 7) is 3.94. The molecule has 34 heavy (non-hydrogen) atoms. The Balaban J connectivity index is 1.60. The lowest BCUT2D eigenvalue weighted by Crippen LogP contribution is -2.03. The lowest BCUT2D eigenvalue weighted by atomic mass is 10.1. The van der Waals surface area contributed by atoms with Gasteiger partial charge in [-0.25, -0.2) is 9.78 Å². The summed E-state index contributed by atoms with van der Waals surface area (Å²) in [6.07, 6.45) is 0. The second-order valence-corrected chi connectivity index (χ2v) is 8.19. The first kappa shape index (κ1) is 21.5. The number of carbonyl (C=O) groups is 1. The van der Waals surface area contributed by atoms with Crippen LogP contribution in [0.3, 0.4) is 0 Å². The maximum Gasteiger partial charge on any atom is 0.338 e. The number of esters is 1. The fourth-order valence-electron chi connectivity index (χ4n) is 4.03. The van der Waals surface area contributed by atoms with Crippen LogP contribution in [0.2, 0.25) is 0 Å². The van der Waals surface area contributed by atoms with Crippen molar-refractivity contribution in [3.8, 4) is 28.6 Å². The molecule has 0 aliphatic carbocycles. The molecule has 0 N–H and O–H groups in total. The van der Waals surface area contributed by atoms with Crippen molar-refractivity contribution in [1.82, 2.24) is 9.55 Å². The monoisotopic (exact) mass is 448 g/mol. The van der Waals surface area contributed by atoms with E-state index in [9.17, 15) is 4.79 Å². The summed E-state index contributed by atoms with van der Waals surface area (Å²) < 4.78 is 13.2.